The van der Waals surface area contributed by atoms with Crippen LogP contribution in [0.4, 0.5) is 4.79 Å². The van der Waals surface area contributed by atoms with Crippen LogP contribution in [0.25, 0.3) is 0 Å². The van der Waals surface area contributed by atoms with Crippen molar-refractivity contribution in [2.75, 3.05) is 19.6 Å². The molecule has 0 aliphatic carbocycles. The molecule has 2 fully saturated rings. The minimum absolute atomic E-state index is 0.0225. The average molecular weight is 254 g/mol. The summed E-state index contributed by atoms with van der Waals surface area (Å²) in [5.41, 5.74) is 4.47. The number of hydrogen-bond acceptors (Lipinski definition) is 4. The van der Waals surface area contributed by atoms with Crippen LogP contribution in [0.2, 0.25) is 0 Å². The normalized spacial score (nSPS) is 26.6. The molecule has 2 aliphatic rings. The van der Waals surface area contributed by atoms with Gasteiger partial charge in [-0.05, 0) is 25.8 Å². The first-order valence-corrected chi connectivity index (χ1v) is 6.19. The lowest BCUT2D eigenvalue weighted by atomic mass is 9.99. The predicted molar refractivity (Wildman–Crippen MR) is 63.5 cm³/mol. The van der Waals surface area contributed by atoms with Crippen LogP contribution in [-0.4, -0.2) is 47.9 Å². The maximum absolute atomic E-state index is 11.9. The van der Waals surface area contributed by atoms with E-state index < -0.39 is 11.6 Å². The van der Waals surface area contributed by atoms with Crippen molar-refractivity contribution in [3.63, 3.8) is 0 Å². The van der Waals surface area contributed by atoms with Gasteiger partial charge in [0.15, 0.2) is 0 Å². The molecule has 7 nitrogen and oxygen atoms in total. The van der Waals surface area contributed by atoms with Gasteiger partial charge >= 0.3 is 6.03 Å². The van der Waals surface area contributed by atoms with Gasteiger partial charge in [-0.1, -0.05) is 0 Å². The van der Waals surface area contributed by atoms with Crippen molar-refractivity contribution in [1.29, 1.82) is 0 Å². The van der Waals surface area contributed by atoms with Crippen LogP contribution >= 0.6 is 0 Å². The van der Waals surface area contributed by atoms with Crippen molar-refractivity contribution in [2.24, 2.45) is 5.73 Å². The molecule has 0 aromatic carbocycles. The third-order valence-electron chi connectivity index (χ3n) is 3.48. The van der Waals surface area contributed by atoms with Crippen LogP contribution < -0.4 is 16.4 Å². The number of imide groups is 1. The van der Waals surface area contributed by atoms with Gasteiger partial charge < -0.3 is 16.0 Å². The summed E-state index contributed by atoms with van der Waals surface area (Å²) in [5.74, 6) is -0.306. The Morgan fingerprint density at radius 1 is 1.39 bits per heavy atom. The molecule has 1 spiro atoms. The fourth-order valence-electron chi connectivity index (χ4n) is 2.42. The Balaban J connectivity index is 1.90. The molecule has 0 radical (unpaired) electrons. The SMILES string of the molecule is NCCCCC(=O)N1CCC2(C1)NC(=O)NC2=O. The third-order valence-corrected chi connectivity index (χ3v) is 3.48. The first-order chi connectivity index (χ1) is 8.57. The summed E-state index contributed by atoms with van der Waals surface area (Å²) in [4.78, 5) is 36.4. The molecule has 0 saturated carbocycles. The van der Waals surface area contributed by atoms with Crippen molar-refractivity contribution < 1.29 is 14.4 Å². The molecular formula is C11H18N4O3. The topological polar surface area (TPSA) is 105 Å². The molecule has 7 heteroatoms. The van der Waals surface area contributed by atoms with E-state index in [0.717, 1.165) is 12.8 Å². The predicted octanol–water partition coefficient (Wildman–Crippen LogP) is -1.07. The van der Waals surface area contributed by atoms with E-state index in [1.807, 2.05) is 0 Å². The van der Waals surface area contributed by atoms with Crippen molar-refractivity contribution in [3.05, 3.63) is 0 Å². The summed E-state index contributed by atoms with van der Waals surface area (Å²) in [7, 11) is 0. The monoisotopic (exact) mass is 254 g/mol. The number of hydrogen-bond donors (Lipinski definition) is 3. The summed E-state index contributed by atoms with van der Waals surface area (Å²) >= 11 is 0. The Morgan fingerprint density at radius 3 is 2.78 bits per heavy atom. The number of urea groups is 1. The number of nitrogens with one attached hydrogen (secondary N) is 2. The molecular weight excluding hydrogens is 236 g/mol. The van der Waals surface area contributed by atoms with E-state index in [2.05, 4.69) is 10.6 Å². The number of carbonyl (C=O) groups excluding carboxylic acids is 3. The molecule has 1 unspecified atom stereocenters. The summed E-state index contributed by atoms with van der Waals surface area (Å²) in [6, 6.07) is -0.475. The Kier molecular flexibility index (Phi) is 3.51. The fraction of sp³-hybridized carbons (Fsp3) is 0.727. The lowest BCUT2D eigenvalue weighted by molar-refractivity contribution is -0.130. The van der Waals surface area contributed by atoms with Crippen LogP contribution in [0.3, 0.4) is 0 Å². The van der Waals surface area contributed by atoms with Crippen LogP contribution in [0.15, 0.2) is 0 Å². The first kappa shape index (κ1) is 12.8. The van der Waals surface area contributed by atoms with E-state index in [1.54, 1.807) is 4.90 Å². The summed E-state index contributed by atoms with van der Waals surface area (Å²) in [6.45, 7) is 1.36. The highest BCUT2D eigenvalue weighted by molar-refractivity contribution is 6.07. The van der Waals surface area contributed by atoms with Crippen molar-refractivity contribution >= 4 is 17.8 Å². The molecule has 0 aromatic rings. The second kappa shape index (κ2) is 4.93. The first-order valence-electron chi connectivity index (χ1n) is 6.19. The van der Waals surface area contributed by atoms with Gasteiger partial charge in [0.05, 0.1) is 6.54 Å². The molecule has 18 heavy (non-hydrogen) atoms. The number of amides is 4. The largest absolute Gasteiger partial charge is 0.340 e. The molecule has 4 amide bonds. The number of nitrogens with zero attached hydrogens (tertiary/aromatic N) is 1. The lowest BCUT2D eigenvalue weighted by Crippen LogP contribution is -2.49. The number of unbranched alkanes of at least 4 members (excludes halogenated alkanes) is 1. The minimum atomic E-state index is -0.902. The fourth-order valence-corrected chi connectivity index (χ4v) is 2.42. The molecule has 1 atom stereocenters. The molecule has 2 heterocycles. The quantitative estimate of drug-likeness (QED) is 0.438. The van der Waals surface area contributed by atoms with Crippen LogP contribution in [-0.2, 0) is 9.59 Å². The number of rotatable bonds is 4. The van der Waals surface area contributed by atoms with E-state index in [-0.39, 0.29) is 18.4 Å². The highest BCUT2D eigenvalue weighted by Crippen LogP contribution is 2.25. The van der Waals surface area contributed by atoms with E-state index >= 15 is 0 Å². The van der Waals surface area contributed by atoms with E-state index in [1.165, 1.54) is 0 Å². The zero-order valence-corrected chi connectivity index (χ0v) is 10.2. The standard InChI is InChI=1S/C11H18N4O3/c12-5-2-1-3-8(16)15-6-4-11(7-15)9(17)13-10(18)14-11/h1-7,12H2,(H2,13,14,17,18). The summed E-state index contributed by atoms with van der Waals surface area (Å²) in [6.07, 6.45) is 2.51. The van der Waals surface area contributed by atoms with Gasteiger partial charge in [-0.3, -0.25) is 14.9 Å². The van der Waals surface area contributed by atoms with Gasteiger partial charge in [-0.2, -0.15) is 0 Å². The zero-order valence-electron chi connectivity index (χ0n) is 10.2. The van der Waals surface area contributed by atoms with E-state index in [0.29, 0.717) is 25.9 Å². The van der Waals surface area contributed by atoms with Gasteiger partial charge in [-0.25, -0.2) is 4.79 Å². The zero-order chi connectivity index (χ0) is 13.2. The minimum Gasteiger partial charge on any atom is -0.340 e. The third kappa shape index (κ3) is 2.31. The highest BCUT2D eigenvalue weighted by atomic mass is 16.2. The van der Waals surface area contributed by atoms with Gasteiger partial charge in [0.25, 0.3) is 5.91 Å². The van der Waals surface area contributed by atoms with Crippen LogP contribution in [0.5, 0.6) is 0 Å². The maximum atomic E-state index is 11.9. The molecule has 0 aromatic heterocycles. The summed E-state index contributed by atoms with van der Waals surface area (Å²) < 4.78 is 0. The van der Waals surface area contributed by atoms with Gasteiger partial charge in [-0.15, -0.1) is 0 Å². The molecule has 2 saturated heterocycles. The van der Waals surface area contributed by atoms with E-state index in [4.69, 9.17) is 5.73 Å². The molecule has 0 bridgehead atoms. The van der Waals surface area contributed by atoms with Crippen molar-refractivity contribution in [2.45, 2.75) is 31.2 Å². The highest BCUT2D eigenvalue weighted by Gasteiger charge is 2.51. The second-order valence-electron chi connectivity index (χ2n) is 4.80. The van der Waals surface area contributed by atoms with Crippen LogP contribution in [0.1, 0.15) is 25.7 Å². The van der Waals surface area contributed by atoms with Crippen molar-refractivity contribution in [3.8, 4) is 0 Å². The smallest absolute Gasteiger partial charge is 0.322 e. The summed E-state index contributed by atoms with van der Waals surface area (Å²) in [5, 5.41) is 4.84. The molecule has 2 aliphatic heterocycles. The second-order valence-corrected chi connectivity index (χ2v) is 4.80. The number of likely N-dealkylation sites (tertiary alicyclic amines) is 1. The van der Waals surface area contributed by atoms with Gasteiger partial charge in [0.2, 0.25) is 5.91 Å². The maximum Gasteiger partial charge on any atom is 0.322 e. The average Bonchev–Trinajstić information content (AvgIpc) is 2.85. The number of nitrogens with two attached hydrogens (primary N) is 1. The number of carbonyl (C=O) groups is 3. The van der Waals surface area contributed by atoms with Gasteiger partial charge in [0, 0.05) is 13.0 Å². The Hall–Kier alpha value is -1.63. The Morgan fingerprint density at radius 2 is 2.17 bits per heavy atom. The van der Waals surface area contributed by atoms with E-state index in [9.17, 15) is 14.4 Å². The molecule has 4 N–H and O–H groups in total. The molecule has 2 rings (SSSR count). The lowest BCUT2D eigenvalue weighted by Gasteiger charge is -2.21. The molecule has 100 valence electrons. The van der Waals surface area contributed by atoms with Crippen LogP contribution in [0, 0.1) is 0 Å². The Labute approximate surface area is 105 Å². The Bertz CT molecular complexity index is 384. The van der Waals surface area contributed by atoms with Gasteiger partial charge in [0.1, 0.15) is 5.54 Å². The van der Waals surface area contributed by atoms with Crippen molar-refractivity contribution in [1.82, 2.24) is 15.5 Å².